The van der Waals surface area contributed by atoms with Crippen LogP contribution < -0.4 is 0 Å². The second kappa shape index (κ2) is 7.31. The van der Waals surface area contributed by atoms with Gasteiger partial charge in [0.15, 0.2) is 0 Å². The SMILES string of the molecule is CC(C)OCCC(CCl)c1cccc(Br)c1. The molecule has 1 unspecified atom stereocenters. The first-order valence-corrected chi connectivity index (χ1v) is 6.89. The lowest BCUT2D eigenvalue weighted by Gasteiger charge is -2.15. The Morgan fingerprint density at radius 3 is 2.69 bits per heavy atom. The van der Waals surface area contributed by atoms with Gasteiger partial charge < -0.3 is 4.74 Å². The van der Waals surface area contributed by atoms with Crippen molar-refractivity contribution in [2.45, 2.75) is 32.3 Å². The van der Waals surface area contributed by atoms with E-state index in [1.165, 1.54) is 5.56 Å². The quantitative estimate of drug-likeness (QED) is 0.699. The summed E-state index contributed by atoms with van der Waals surface area (Å²) >= 11 is 9.48. The molecule has 0 radical (unpaired) electrons. The molecule has 3 heteroatoms. The standard InChI is InChI=1S/C13H18BrClO/c1-10(2)16-7-6-12(9-15)11-4-3-5-13(14)8-11/h3-5,8,10,12H,6-7,9H2,1-2H3. The Bertz CT molecular complexity index is 315. The van der Waals surface area contributed by atoms with Crippen molar-refractivity contribution in [3.8, 4) is 0 Å². The molecule has 1 aromatic carbocycles. The van der Waals surface area contributed by atoms with Crippen molar-refractivity contribution in [2.75, 3.05) is 12.5 Å². The topological polar surface area (TPSA) is 9.23 Å². The third-order valence-electron chi connectivity index (χ3n) is 2.42. The fourth-order valence-electron chi connectivity index (χ4n) is 1.54. The van der Waals surface area contributed by atoms with Gasteiger partial charge in [0.1, 0.15) is 0 Å². The molecular weight excluding hydrogens is 287 g/mol. The summed E-state index contributed by atoms with van der Waals surface area (Å²) in [4.78, 5) is 0. The molecule has 0 aliphatic heterocycles. The Balaban J connectivity index is 2.53. The van der Waals surface area contributed by atoms with Crippen LogP contribution in [0.2, 0.25) is 0 Å². The van der Waals surface area contributed by atoms with Crippen LogP contribution in [0.15, 0.2) is 28.7 Å². The van der Waals surface area contributed by atoms with Crippen molar-refractivity contribution in [2.24, 2.45) is 0 Å². The summed E-state index contributed by atoms with van der Waals surface area (Å²) in [6.07, 6.45) is 1.26. The zero-order valence-electron chi connectivity index (χ0n) is 9.75. The van der Waals surface area contributed by atoms with E-state index in [-0.39, 0.29) is 0 Å². The number of ether oxygens (including phenoxy) is 1. The molecule has 1 rings (SSSR count). The Labute approximate surface area is 111 Å². The summed E-state index contributed by atoms with van der Waals surface area (Å²) in [5.41, 5.74) is 1.27. The summed E-state index contributed by atoms with van der Waals surface area (Å²) in [5, 5.41) is 0. The minimum absolute atomic E-state index is 0.290. The van der Waals surface area contributed by atoms with Gasteiger partial charge in [0.2, 0.25) is 0 Å². The molecule has 0 saturated heterocycles. The molecule has 90 valence electrons. The predicted octanol–water partition coefficient (Wildman–Crippen LogP) is 4.59. The Kier molecular flexibility index (Phi) is 6.40. The summed E-state index contributed by atoms with van der Waals surface area (Å²) in [7, 11) is 0. The zero-order chi connectivity index (χ0) is 12.0. The van der Waals surface area contributed by atoms with E-state index in [1.54, 1.807) is 0 Å². The lowest BCUT2D eigenvalue weighted by atomic mass is 9.98. The highest BCUT2D eigenvalue weighted by Gasteiger charge is 2.10. The van der Waals surface area contributed by atoms with Crippen molar-refractivity contribution in [1.82, 2.24) is 0 Å². The second-order valence-electron chi connectivity index (χ2n) is 4.11. The van der Waals surface area contributed by atoms with E-state index in [2.05, 4.69) is 41.9 Å². The summed E-state index contributed by atoms with van der Waals surface area (Å²) < 4.78 is 6.66. The van der Waals surface area contributed by atoms with Crippen molar-refractivity contribution in [3.63, 3.8) is 0 Å². The normalized spacial score (nSPS) is 13.1. The Hall–Kier alpha value is -0.0500. The highest BCUT2D eigenvalue weighted by Crippen LogP contribution is 2.24. The van der Waals surface area contributed by atoms with Crippen LogP contribution in [0, 0.1) is 0 Å². The van der Waals surface area contributed by atoms with Crippen LogP contribution in [0.1, 0.15) is 31.7 Å². The van der Waals surface area contributed by atoms with Gasteiger partial charge >= 0.3 is 0 Å². The van der Waals surface area contributed by atoms with Crippen molar-refractivity contribution >= 4 is 27.5 Å². The molecule has 0 aliphatic carbocycles. The molecule has 1 nitrogen and oxygen atoms in total. The monoisotopic (exact) mass is 304 g/mol. The molecule has 0 N–H and O–H groups in total. The number of halogens is 2. The van der Waals surface area contributed by atoms with E-state index >= 15 is 0 Å². The molecule has 16 heavy (non-hydrogen) atoms. The predicted molar refractivity (Wildman–Crippen MR) is 73.3 cm³/mol. The molecule has 0 heterocycles. The molecule has 0 aromatic heterocycles. The first-order chi connectivity index (χ1) is 7.63. The van der Waals surface area contributed by atoms with Crippen molar-refractivity contribution in [3.05, 3.63) is 34.3 Å². The summed E-state index contributed by atoms with van der Waals surface area (Å²) in [6, 6.07) is 8.32. The molecule has 0 fully saturated rings. The van der Waals surface area contributed by atoms with Gasteiger partial charge in [0.25, 0.3) is 0 Å². The maximum absolute atomic E-state index is 6.00. The number of alkyl halides is 1. The van der Waals surface area contributed by atoms with Crippen LogP contribution in [0.25, 0.3) is 0 Å². The maximum atomic E-state index is 6.00. The molecule has 0 spiro atoms. The van der Waals surface area contributed by atoms with Crippen LogP contribution in [-0.2, 0) is 4.74 Å². The van der Waals surface area contributed by atoms with E-state index in [1.807, 2.05) is 12.1 Å². The highest BCUT2D eigenvalue weighted by atomic mass is 79.9. The fraction of sp³-hybridized carbons (Fsp3) is 0.538. The Morgan fingerprint density at radius 2 is 2.12 bits per heavy atom. The van der Waals surface area contributed by atoms with Crippen LogP contribution >= 0.6 is 27.5 Å². The van der Waals surface area contributed by atoms with Gasteiger partial charge in [-0.15, -0.1) is 11.6 Å². The van der Waals surface area contributed by atoms with E-state index < -0.39 is 0 Å². The van der Waals surface area contributed by atoms with Gasteiger partial charge in [-0.1, -0.05) is 28.1 Å². The number of benzene rings is 1. The molecule has 1 atom stereocenters. The van der Waals surface area contributed by atoms with Gasteiger partial charge in [-0.05, 0) is 43.9 Å². The van der Waals surface area contributed by atoms with Crippen LogP contribution in [0.4, 0.5) is 0 Å². The maximum Gasteiger partial charge on any atom is 0.0518 e. The van der Waals surface area contributed by atoms with Gasteiger partial charge in [-0.2, -0.15) is 0 Å². The van der Waals surface area contributed by atoms with Gasteiger partial charge in [0.05, 0.1) is 6.10 Å². The first-order valence-electron chi connectivity index (χ1n) is 5.56. The highest BCUT2D eigenvalue weighted by molar-refractivity contribution is 9.10. The van der Waals surface area contributed by atoms with Crippen molar-refractivity contribution in [1.29, 1.82) is 0 Å². The average molecular weight is 306 g/mol. The average Bonchev–Trinajstić information content (AvgIpc) is 2.24. The molecule has 0 aliphatic rings. The van der Waals surface area contributed by atoms with E-state index in [9.17, 15) is 0 Å². The fourth-order valence-corrected chi connectivity index (χ4v) is 2.29. The van der Waals surface area contributed by atoms with Gasteiger partial charge in [-0.3, -0.25) is 0 Å². The molecule has 0 saturated carbocycles. The summed E-state index contributed by atoms with van der Waals surface area (Å²) in [5.74, 6) is 1.01. The number of hydrogen-bond donors (Lipinski definition) is 0. The molecule has 0 bridgehead atoms. The largest absolute Gasteiger partial charge is 0.379 e. The van der Waals surface area contributed by atoms with E-state index in [0.717, 1.165) is 17.5 Å². The minimum atomic E-state index is 0.290. The first kappa shape index (κ1) is 14.0. The van der Waals surface area contributed by atoms with Crippen LogP contribution in [-0.4, -0.2) is 18.6 Å². The smallest absolute Gasteiger partial charge is 0.0518 e. The second-order valence-corrected chi connectivity index (χ2v) is 5.34. The third-order valence-corrected chi connectivity index (χ3v) is 3.29. The van der Waals surface area contributed by atoms with Gasteiger partial charge in [-0.25, -0.2) is 0 Å². The van der Waals surface area contributed by atoms with Crippen molar-refractivity contribution < 1.29 is 4.74 Å². The van der Waals surface area contributed by atoms with E-state index in [0.29, 0.717) is 17.9 Å². The molecule has 0 amide bonds. The summed E-state index contributed by atoms with van der Waals surface area (Å²) in [6.45, 7) is 4.87. The van der Waals surface area contributed by atoms with Crippen LogP contribution in [0.5, 0.6) is 0 Å². The van der Waals surface area contributed by atoms with Crippen LogP contribution in [0.3, 0.4) is 0 Å². The minimum Gasteiger partial charge on any atom is -0.379 e. The zero-order valence-corrected chi connectivity index (χ0v) is 12.1. The molecule has 1 aromatic rings. The van der Waals surface area contributed by atoms with E-state index in [4.69, 9.17) is 16.3 Å². The molecular formula is C13H18BrClO. The number of rotatable bonds is 6. The third kappa shape index (κ3) is 4.86. The lowest BCUT2D eigenvalue weighted by Crippen LogP contribution is -2.09. The number of hydrogen-bond acceptors (Lipinski definition) is 1. The Morgan fingerprint density at radius 1 is 1.38 bits per heavy atom. The van der Waals surface area contributed by atoms with Gasteiger partial charge in [0, 0.05) is 17.0 Å². The lowest BCUT2D eigenvalue weighted by molar-refractivity contribution is 0.0743.